The average molecular weight is 265 g/mol. The first-order chi connectivity index (χ1) is 8.97. The maximum atomic E-state index is 11.7. The van der Waals surface area contributed by atoms with Crippen molar-refractivity contribution in [3.05, 3.63) is 0 Å². The summed E-state index contributed by atoms with van der Waals surface area (Å²) in [5, 5.41) is 0. The number of carbonyl (C=O) groups is 1. The van der Waals surface area contributed by atoms with Crippen LogP contribution in [0.3, 0.4) is 0 Å². The van der Waals surface area contributed by atoms with Gasteiger partial charge >= 0.3 is 0 Å². The minimum Gasteiger partial charge on any atom is -0.303 e. The van der Waals surface area contributed by atoms with Crippen LogP contribution in [0.4, 0.5) is 0 Å². The van der Waals surface area contributed by atoms with Crippen LogP contribution in [0.15, 0.2) is 0 Å². The van der Waals surface area contributed by atoms with Gasteiger partial charge in [-0.25, -0.2) is 0 Å². The Balaban J connectivity index is 1.75. The van der Waals surface area contributed by atoms with E-state index in [4.69, 9.17) is 0 Å². The molecular weight excluding hydrogens is 234 g/mol. The smallest absolute Gasteiger partial charge is 0.136 e. The number of carbonyl (C=O) groups excluding carboxylic acids is 1. The third kappa shape index (κ3) is 4.30. The van der Waals surface area contributed by atoms with Crippen molar-refractivity contribution in [1.82, 2.24) is 4.90 Å². The van der Waals surface area contributed by atoms with Crippen LogP contribution in [0.1, 0.15) is 65.7 Å². The Bertz CT molecular complexity index is 305. The number of hydrogen-bond donors (Lipinski definition) is 0. The maximum Gasteiger partial charge on any atom is 0.136 e. The monoisotopic (exact) mass is 265 g/mol. The van der Waals surface area contributed by atoms with Crippen LogP contribution in [0.25, 0.3) is 0 Å². The molecule has 0 bridgehead atoms. The summed E-state index contributed by atoms with van der Waals surface area (Å²) in [6.45, 7) is 10.8. The molecule has 0 aromatic rings. The fourth-order valence-electron chi connectivity index (χ4n) is 3.78. The van der Waals surface area contributed by atoms with Gasteiger partial charge in [0.1, 0.15) is 5.78 Å². The summed E-state index contributed by atoms with van der Waals surface area (Å²) in [7, 11) is 0. The lowest BCUT2D eigenvalue weighted by atomic mass is 9.77. The zero-order valence-corrected chi connectivity index (χ0v) is 13.1. The lowest BCUT2D eigenvalue weighted by Crippen LogP contribution is -2.29. The highest BCUT2D eigenvalue weighted by molar-refractivity contribution is 5.82. The highest BCUT2D eigenvalue weighted by atomic mass is 16.1. The van der Waals surface area contributed by atoms with Gasteiger partial charge < -0.3 is 4.90 Å². The number of Topliss-reactive ketones (excluding diaryl/α,β-unsaturated/α-hetero) is 1. The predicted octanol–water partition coefficient (Wildman–Crippen LogP) is 3.89. The van der Waals surface area contributed by atoms with Gasteiger partial charge in [-0.2, -0.15) is 0 Å². The molecule has 0 N–H and O–H groups in total. The van der Waals surface area contributed by atoms with E-state index in [-0.39, 0.29) is 0 Å². The zero-order chi connectivity index (χ0) is 13.9. The van der Waals surface area contributed by atoms with Crippen molar-refractivity contribution in [2.45, 2.75) is 65.7 Å². The normalized spacial score (nSPS) is 30.6. The highest BCUT2D eigenvalue weighted by Crippen LogP contribution is 2.34. The molecule has 1 aliphatic heterocycles. The van der Waals surface area contributed by atoms with Crippen LogP contribution in [0.2, 0.25) is 0 Å². The lowest BCUT2D eigenvalue weighted by molar-refractivity contribution is -0.120. The maximum absolute atomic E-state index is 11.7. The van der Waals surface area contributed by atoms with Crippen molar-refractivity contribution in [1.29, 1.82) is 0 Å². The van der Waals surface area contributed by atoms with Gasteiger partial charge in [0.15, 0.2) is 0 Å². The summed E-state index contributed by atoms with van der Waals surface area (Å²) in [4.78, 5) is 14.3. The van der Waals surface area contributed by atoms with E-state index in [9.17, 15) is 4.79 Å². The van der Waals surface area contributed by atoms with Gasteiger partial charge in [0.2, 0.25) is 0 Å². The van der Waals surface area contributed by atoms with Crippen LogP contribution in [-0.2, 0) is 4.79 Å². The predicted molar refractivity (Wildman–Crippen MR) is 80.2 cm³/mol. The van der Waals surface area contributed by atoms with E-state index >= 15 is 0 Å². The zero-order valence-electron chi connectivity index (χ0n) is 13.1. The van der Waals surface area contributed by atoms with Crippen LogP contribution < -0.4 is 0 Å². The Morgan fingerprint density at radius 3 is 2.53 bits per heavy atom. The Morgan fingerprint density at radius 2 is 1.89 bits per heavy atom. The van der Waals surface area contributed by atoms with Crippen LogP contribution in [0.5, 0.6) is 0 Å². The van der Waals surface area contributed by atoms with Gasteiger partial charge in [0.25, 0.3) is 0 Å². The summed E-state index contributed by atoms with van der Waals surface area (Å²) < 4.78 is 0. The molecule has 0 aromatic heterocycles. The Morgan fingerprint density at radius 1 is 1.11 bits per heavy atom. The molecule has 2 atom stereocenters. The number of likely N-dealkylation sites (tertiary alicyclic amines) is 1. The van der Waals surface area contributed by atoms with E-state index in [1.807, 2.05) is 0 Å². The van der Waals surface area contributed by atoms with Crippen LogP contribution in [0, 0.1) is 17.3 Å². The second-order valence-corrected chi connectivity index (χ2v) is 7.68. The Hall–Kier alpha value is -0.370. The molecule has 2 rings (SSSR count). The van der Waals surface area contributed by atoms with Gasteiger partial charge in [-0.3, -0.25) is 4.79 Å². The highest BCUT2D eigenvalue weighted by Gasteiger charge is 2.28. The second kappa shape index (κ2) is 6.39. The molecule has 2 unspecified atom stereocenters. The number of rotatable bonds is 3. The van der Waals surface area contributed by atoms with E-state index < -0.39 is 0 Å². The van der Waals surface area contributed by atoms with Gasteiger partial charge in [0, 0.05) is 12.3 Å². The molecule has 0 aromatic carbocycles. The van der Waals surface area contributed by atoms with Crippen molar-refractivity contribution < 1.29 is 4.79 Å². The number of ketones is 1. The molecule has 2 nitrogen and oxygen atoms in total. The largest absolute Gasteiger partial charge is 0.303 e. The lowest BCUT2D eigenvalue weighted by Gasteiger charge is -2.30. The average Bonchev–Trinajstić information content (AvgIpc) is 2.61. The quantitative estimate of drug-likeness (QED) is 0.771. The molecule has 2 fully saturated rings. The van der Waals surface area contributed by atoms with Gasteiger partial charge in [0.05, 0.1) is 0 Å². The molecule has 1 heterocycles. The van der Waals surface area contributed by atoms with Crippen molar-refractivity contribution in [3.63, 3.8) is 0 Å². The van der Waals surface area contributed by atoms with E-state index in [1.165, 1.54) is 32.4 Å². The van der Waals surface area contributed by atoms with E-state index in [0.29, 0.717) is 17.1 Å². The van der Waals surface area contributed by atoms with E-state index in [1.54, 1.807) is 0 Å². The first kappa shape index (κ1) is 15.0. The minimum atomic E-state index is 0.390. The standard InChI is InChI=1S/C17H31NO/c1-17(2,3)15-7-5-11-18(13-10-15)12-9-14-6-4-8-16(14)19/h14-15H,4-13H2,1-3H3. The molecule has 0 amide bonds. The first-order valence-electron chi connectivity index (χ1n) is 8.22. The van der Waals surface area contributed by atoms with Crippen LogP contribution >= 0.6 is 0 Å². The molecule has 110 valence electrons. The molecule has 1 saturated heterocycles. The van der Waals surface area contributed by atoms with Crippen molar-refractivity contribution in [3.8, 4) is 0 Å². The van der Waals surface area contributed by atoms with Crippen molar-refractivity contribution in [2.75, 3.05) is 19.6 Å². The number of nitrogens with zero attached hydrogens (tertiary/aromatic N) is 1. The van der Waals surface area contributed by atoms with Gasteiger partial charge in [-0.05, 0) is 69.5 Å². The molecule has 1 saturated carbocycles. The Labute approximate surface area is 118 Å². The summed E-state index contributed by atoms with van der Waals surface area (Å²) in [5.41, 5.74) is 0.456. The first-order valence-corrected chi connectivity index (χ1v) is 8.22. The third-order valence-corrected chi connectivity index (χ3v) is 5.27. The topological polar surface area (TPSA) is 20.3 Å². The summed E-state index contributed by atoms with van der Waals surface area (Å²) in [5.74, 6) is 1.79. The van der Waals surface area contributed by atoms with Gasteiger partial charge in [-0.1, -0.05) is 20.8 Å². The Kier molecular flexibility index (Phi) is 5.05. The summed E-state index contributed by atoms with van der Waals surface area (Å²) >= 11 is 0. The molecule has 2 aliphatic rings. The van der Waals surface area contributed by atoms with Crippen molar-refractivity contribution in [2.24, 2.45) is 17.3 Å². The fraction of sp³-hybridized carbons (Fsp3) is 0.941. The number of hydrogen-bond acceptors (Lipinski definition) is 2. The van der Waals surface area contributed by atoms with E-state index in [2.05, 4.69) is 25.7 Å². The van der Waals surface area contributed by atoms with Crippen LogP contribution in [-0.4, -0.2) is 30.3 Å². The minimum absolute atomic E-state index is 0.390. The van der Waals surface area contributed by atoms with Gasteiger partial charge in [-0.15, -0.1) is 0 Å². The summed E-state index contributed by atoms with van der Waals surface area (Å²) in [6, 6.07) is 0. The molecule has 2 heteroatoms. The second-order valence-electron chi connectivity index (χ2n) is 7.68. The summed E-state index contributed by atoms with van der Waals surface area (Å²) in [6.07, 6.45) is 8.29. The molecule has 19 heavy (non-hydrogen) atoms. The molecule has 0 radical (unpaired) electrons. The third-order valence-electron chi connectivity index (χ3n) is 5.27. The SMILES string of the molecule is CC(C)(C)C1CCCN(CCC2CCCC2=O)CC1. The molecule has 1 aliphatic carbocycles. The molecular formula is C17H31NO. The fourth-order valence-corrected chi connectivity index (χ4v) is 3.78. The van der Waals surface area contributed by atoms with E-state index in [0.717, 1.165) is 38.1 Å². The van der Waals surface area contributed by atoms with Crippen molar-refractivity contribution >= 4 is 5.78 Å². The molecule has 0 spiro atoms.